The minimum atomic E-state index is -0.537. The second-order valence-electron chi connectivity index (χ2n) is 9.28. The minimum Gasteiger partial charge on any atom is -0.322 e. The molecule has 0 saturated carbocycles. The summed E-state index contributed by atoms with van der Waals surface area (Å²) in [5, 5.41) is 16.0. The number of aryl methyl sites for hydroxylation is 2. The first-order chi connectivity index (χ1) is 18.5. The van der Waals surface area contributed by atoms with Crippen molar-refractivity contribution in [3.05, 3.63) is 112 Å². The Morgan fingerprint density at radius 1 is 0.947 bits per heavy atom. The number of carbonyl (C=O) groups is 2. The second kappa shape index (κ2) is 11.7. The Kier molecular flexibility index (Phi) is 7.92. The summed E-state index contributed by atoms with van der Waals surface area (Å²) in [5.74, 6) is -0.357. The summed E-state index contributed by atoms with van der Waals surface area (Å²) >= 11 is 2.95. The fraction of sp³-hybridized carbons (Fsp3) is 0.194. The summed E-state index contributed by atoms with van der Waals surface area (Å²) in [6.45, 7) is 1.95. The lowest BCUT2D eigenvalue weighted by Crippen LogP contribution is -2.19. The summed E-state index contributed by atoms with van der Waals surface area (Å²) in [4.78, 5) is 28.5. The van der Waals surface area contributed by atoms with Gasteiger partial charge in [-0.1, -0.05) is 54.1 Å². The van der Waals surface area contributed by atoms with Gasteiger partial charge >= 0.3 is 0 Å². The smallest absolute Gasteiger partial charge is 0.255 e. The molecule has 38 heavy (non-hydrogen) atoms. The van der Waals surface area contributed by atoms with Gasteiger partial charge in [0.05, 0.1) is 5.56 Å². The number of hydrogen-bond acceptors (Lipinski definition) is 5. The SMILES string of the molecule is Cc1cccc(C(=O)Nc2cccc(SC(C(=O)Nc3sc4c(c3C#N)CCCC4)c3ccccc3)c2)c1. The number of benzene rings is 3. The average Bonchev–Trinajstić information content (AvgIpc) is 3.29. The van der Waals surface area contributed by atoms with Crippen molar-refractivity contribution in [1.82, 2.24) is 0 Å². The number of amides is 2. The van der Waals surface area contributed by atoms with E-state index in [4.69, 9.17) is 0 Å². The predicted octanol–water partition coefficient (Wildman–Crippen LogP) is 7.53. The van der Waals surface area contributed by atoms with Crippen molar-refractivity contribution < 1.29 is 9.59 Å². The minimum absolute atomic E-state index is 0.175. The van der Waals surface area contributed by atoms with E-state index in [1.54, 1.807) is 6.07 Å². The number of thioether (sulfide) groups is 1. The molecule has 0 aliphatic heterocycles. The molecule has 0 fully saturated rings. The Morgan fingerprint density at radius 2 is 1.74 bits per heavy atom. The summed E-state index contributed by atoms with van der Waals surface area (Å²) in [5.41, 5.74) is 4.84. The molecular formula is C31H27N3O2S2. The van der Waals surface area contributed by atoms with Crippen molar-refractivity contribution >= 4 is 45.6 Å². The van der Waals surface area contributed by atoms with Crippen LogP contribution in [0.1, 0.15) is 55.6 Å². The van der Waals surface area contributed by atoms with Gasteiger partial charge in [0.15, 0.2) is 0 Å². The molecule has 1 unspecified atom stereocenters. The molecule has 4 aromatic rings. The molecule has 7 heteroatoms. The number of nitriles is 1. The summed E-state index contributed by atoms with van der Waals surface area (Å²) in [6, 6.07) is 26.9. The highest BCUT2D eigenvalue weighted by Gasteiger charge is 2.26. The monoisotopic (exact) mass is 537 g/mol. The van der Waals surface area contributed by atoms with Gasteiger partial charge in [0.2, 0.25) is 5.91 Å². The van der Waals surface area contributed by atoms with Gasteiger partial charge in [-0.3, -0.25) is 9.59 Å². The molecule has 0 bridgehead atoms. The van der Waals surface area contributed by atoms with Gasteiger partial charge in [-0.25, -0.2) is 0 Å². The topological polar surface area (TPSA) is 82.0 Å². The van der Waals surface area contributed by atoms with Crippen molar-refractivity contribution in [2.75, 3.05) is 10.6 Å². The molecule has 5 rings (SSSR count). The summed E-state index contributed by atoms with van der Waals surface area (Å²) in [6.07, 6.45) is 4.04. The molecule has 0 saturated heterocycles. The lowest BCUT2D eigenvalue weighted by atomic mass is 9.96. The Balaban J connectivity index is 1.38. The van der Waals surface area contributed by atoms with Crippen LogP contribution in [-0.2, 0) is 17.6 Å². The zero-order valence-electron chi connectivity index (χ0n) is 21.0. The lowest BCUT2D eigenvalue weighted by molar-refractivity contribution is -0.115. The maximum absolute atomic E-state index is 13.7. The first-order valence-electron chi connectivity index (χ1n) is 12.6. The van der Waals surface area contributed by atoms with Crippen LogP contribution < -0.4 is 10.6 Å². The Hall–Kier alpha value is -3.86. The van der Waals surface area contributed by atoms with Crippen molar-refractivity contribution in [1.29, 1.82) is 5.26 Å². The van der Waals surface area contributed by atoms with E-state index in [1.807, 2.05) is 79.7 Å². The van der Waals surface area contributed by atoms with Gasteiger partial charge in [-0.05, 0) is 74.1 Å². The second-order valence-corrected chi connectivity index (χ2v) is 11.6. The third-order valence-corrected chi connectivity index (χ3v) is 8.94. The molecule has 1 aliphatic carbocycles. The molecule has 0 spiro atoms. The zero-order chi connectivity index (χ0) is 26.5. The van der Waals surface area contributed by atoms with Crippen molar-refractivity contribution in [3.63, 3.8) is 0 Å². The van der Waals surface area contributed by atoms with Crippen LogP contribution in [0.5, 0.6) is 0 Å². The van der Waals surface area contributed by atoms with E-state index >= 15 is 0 Å². The Bertz CT molecular complexity index is 1520. The number of thiophene rings is 1. The van der Waals surface area contributed by atoms with Gasteiger partial charge in [0.1, 0.15) is 16.3 Å². The van der Waals surface area contributed by atoms with Gasteiger partial charge in [0, 0.05) is 21.0 Å². The number of fused-ring (bicyclic) bond motifs is 1. The fourth-order valence-electron chi connectivity index (χ4n) is 4.62. The molecule has 1 atom stereocenters. The van der Waals surface area contributed by atoms with E-state index in [2.05, 4.69) is 16.7 Å². The lowest BCUT2D eigenvalue weighted by Gasteiger charge is -2.17. The first-order valence-corrected chi connectivity index (χ1v) is 14.3. The molecule has 1 aromatic heterocycles. The molecule has 2 N–H and O–H groups in total. The van der Waals surface area contributed by atoms with E-state index in [1.165, 1.54) is 28.0 Å². The summed E-state index contributed by atoms with van der Waals surface area (Å²) in [7, 11) is 0. The van der Waals surface area contributed by atoms with E-state index < -0.39 is 5.25 Å². The van der Waals surface area contributed by atoms with E-state index in [-0.39, 0.29) is 11.8 Å². The van der Waals surface area contributed by atoms with Crippen LogP contribution in [0.2, 0.25) is 0 Å². The molecule has 1 aliphatic rings. The number of nitrogens with zero attached hydrogens (tertiary/aromatic N) is 1. The zero-order valence-corrected chi connectivity index (χ0v) is 22.6. The van der Waals surface area contributed by atoms with Crippen molar-refractivity contribution in [2.24, 2.45) is 0 Å². The first kappa shape index (κ1) is 25.8. The van der Waals surface area contributed by atoms with Crippen LogP contribution in [0.25, 0.3) is 0 Å². The largest absolute Gasteiger partial charge is 0.322 e. The molecule has 3 aromatic carbocycles. The normalized spacial score (nSPS) is 13.2. The maximum atomic E-state index is 13.7. The fourth-order valence-corrected chi connectivity index (χ4v) is 6.95. The van der Waals surface area contributed by atoms with Crippen LogP contribution >= 0.6 is 23.1 Å². The highest BCUT2D eigenvalue weighted by molar-refractivity contribution is 8.00. The van der Waals surface area contributed by atoms with Crippen LogP contribution in [0.4, 0.5) is 10.7 Å². The number of rotatable bonds is 7. The van der Waals surface area contributed by atoms with Gasteiger partial charge in [-0.2, -0.15) is 5.26 Å². The van der Waals surface area contributed by atoms with E-state index in [0.717, 1.165) is 47.3 Å². The van der Waals surface area contributed by atoms with Crippen molar-refractivity contribution in [2.45, 2.75) is 42.8 Å². The van der Waals surface area contributed by atoms with Crippen LogP contribution in [0.15, 0.2) is 83.8 Å². The maximum Gasteiger partial charge on any atom is 0.255 e. The number of carbonyl (C=O) groups excluding carboxylic acids is 2. The third-order valence-electron chi connectivity index (χ3n) is 6.49. The molecule has 0 radical (unpaired) electrons. The van der Waals surface area contributed by atoms with E-state index in [9.17, 15) is 14.9 Å². The molecule has 1 heterocycles. The Morgan fingerprint density at radius 3 is 2.53 bits per heavy atom. The van der Waals surface area contributed by atoms with Crippen LogP contribution in [0.3, 0.4) is 0 Å². The molecule has 5 nitrogen and oxygen atoms in total. The highest BCUT2D eigenvalue weighted by atomic mass is 32.2. The summed E-state index contributed by atoms with van der Waals surface area (Å²) < 4.78 is 0. The predicted molar refractivity (Wildman–Crippen MR) is 155 cm³/mol. The highest BCUT2D eigenvalue weighted by Crippen LogP contribution is 2.41. The Labute approximate surface area is 230 Å². The molecular weight excluding hydrogens is 510 g/mol. The standard InChI is InChI=1S/C31H27N3O2S2/c1-20-9-7-12-22(17-20)29(35)33-23-13-8-14-24(18-23)37-28(21-10-3-2-4-11-21)30(36)34-31-26(19-32)25-15-5-6-16-27(25)38-31/h2-4,7-14,17-18,28H,5-6,15-16H2,1H3,(H,33,35)(H,34,36). The van der Waals surface area contributed by atoms with Crippen LogP contribution in [0, 0.1) is 18.3 Å². The van der Waals surface area contributed by atoms with Gasteiger partial charge in [-0.15, -0.1) is 23.1 Å². The number of anilines is 2. The number of hydrogen-bond donors (Lipinski definition) is 2. The number of nitrogens with one attached hydrogen (secondary N) is 2. The average molecular weight is 538 g/mol. The third kappa shape index (κ3) is 5.83. The quantitative estimate of drug-likeness (QED) is 0.239. The van der Waals surface area contributed by atoms with Crippen molar-refractivity contribution in [3.8, 4) is 6.07 Å². The van der Waals surface area contributed by atoms with Gasteiger partial charge in [0.25, 0.3) is 5.91 Å². The van der Waals surface area contributed by atoms with E-state index in [0.29, 0.717) is 21.8 Å². The van der Waals surface area contributed by atoms with Gasteiger partial charge < -0.3 is 10.6 Å². The van der Waals surface area contributed by atoms with Crippen LogP contribution in [-0.4, -0.2) is 11.8 Å². The molecule has 190 valence electrons. The molecule has 2 amide bonds.